The molecule has 2 atom stereocenters. The average molecular weight is 292 g/mol. The molecule has 21 heavy (non-hydrogen) atoms. The fraction of sp³-hybridized carbons (Fsp3) is 0.529. The smallest absolute Gasteiger partial charge is 0.343 e. The van der Waals surface area contributed by atoms with Crippen LogP contribution in [-0.2, 0) is 9.59 Å². The highest BCUT2D eigenvalue weighted by atomic mass is 16.4. The minimum atomic E-state index is -1.36. The highest BCUT2D eigenvalue weighted by molar-refractivity contribution is 6.13. The molecule has 4 nitrogen and oxygen atoms in total. The second-order valence-corrected chi connectivity index (χ2v) is 5.66. The van der Waals surface area contributed by atoms with E-state index in [1.165, 1.54) is 0 Å². The Morgan fingerprint density at radius 2 is 1.71 bits per heavy atom. The van der Waals surface area contributed by atoms with E-state index >= 15 is 0 Å². The van der Waals surface area contributed by atoms with Crippen molar-refractivity contribution in [3.05, 3.63) is 35.5 Å². The maximum Gasteiger partial charge on any atom is 0.343 e. The summed E-state index contributed by atoms with van der Waals surface area (Å²) in [5, 5.41) is 18.7. The average Bonchev–Trinajstić information content (AvgIpc) is 2.43. The third-order valence-electron chi connectivity index (χ3n) is 4.44. The van der Waals surface area contributed by atoms with Crippen LogP contribution >= 0.6 is 0 Å². The van der Waals surface area contributed by atoms with Crippen molar-refractivity contribution in [2.24, 2.45) is 17.3 Å². The molecule has 0 radical (unpaired) electrons. The Labute approximate surface area is 125 Å². The Morgan fingerprint density at radius 3 is 2.10 bits per heavy atom. The summed E-state index contributed by atoms with van der Waals surface area (Å²) in [6.07, 6.45) is 9.11. The molecule has 4 heteroatoms. The summed E-state index contributed by atoms with van der Waals surface area (Å²) in [5.41, 5.74) is -0.528. The van der Waals surface area contributed by atoms with E-state index in [1.54, 1.807) is 0 Å². The summed E-state index contributed by atoms with van der Waals surface area (Å²) in [4.78, 5) is 22.9. The van der Waals surface area contributed by atoms with Crippen LogP contribution in [0.1, 0.15) is 40.5 Å². The van der Waals surface area contributed by atoms with Gasteiger partial charge >= 0.3 is 11.9 Å². The number of carbonyl (C=O) groups is 2. The Morgan fingerprint density at radius 1 is 1.14 bits per heavy atom. The zero-order valence-corrected chi connectivity index (χ0v) is 13.1. The van der Waals surface area contributed by atoms with Gasteiger partial charge in [0.2, 0.25) is 0 Å². The first-order valence-corrected chi connectivity index (χ1v) is 7.39. The molecule has 1 rings (SSSR count). The Kier molecular flexibility index (Phi) is 5.53. The second-order valence-electron chi connectivity index (χ2n) is 5.66. The van der Waals surface area contributed by atoms with Crippen LogP contribution in [0.2, 0.25) is 0 Å². The van der Waals surface area contributed by atoms with E-state index in [0.29, 0.717) is 12.0 Å². The standard InChI is InChI=1S/C17H24O4/c1-5-12-9-7-8-10-17(12,11(3)4)13(6-2)14(15(18)19)16(20)21/h7-12H,5-6H2,1-4H3,(H,18,19)(H,20,21). The monoisotopic (exact) mass is 292 g/mol. The lowest BCUT2D eigenvalue weighted by atomic mass is 9.59. The minimum absolute atomic E-state index is 0.103. The maximum atomic E-state index is 11.5. The van der Waals surface area contributed by atoms with Crippen molar-refractivity contribution in [1.82, 2.24) is 0 Å². The summed E-state index contributed by atoms with van der Waals surface area (Å²) < 4.78 is 0. The van der Waals surface area contributed by atoms with Gasteiger partial charge in [-0.05, 0) is 30.3 Å². The first-order chi connectivity index (χ1) is 9.82. The van der Waals surface area contributed by atoms with Crippen molar-refractivity contribution in [2.45, 2.75) is 40.5 Å². The lowest BCUT2D eigenvalue weighted by Crippen LogP contribution is -2.38. The first kappa shape index (κ1) is 17.2. The van der Waals surface area contributed by atoms with Gasteiger partial charge in [0.05, 0.1) is 0 Å². The van der Waals surface area contributed by atoms with Crippen LogP contribution < -0.4 is 0 Å². The fourth-order valence-corrected chi connectivity index (χ4v) is 3.51. The number of allylic oxidation sites excluding steroid dienone is 5. The van der Waals surface area contributed by atoms with Crippen molar-refractivity contribution in [3.63, 3.8) is 0 Å². The van der Waals surface area contributed by atoms with Gasteiger partial charge < -0.3 is 10.2 Å². The van der Waals surface area contributed by atoms with Crippen molar-refractivity contribution in [2.75, 3.05) is 0 Å². The molecular formula is C17H24O4. The largest absolute Gasteiger partial charge is 0.477 e. The molecule has 2 unspecified atom stereocenters. The number of hydrogen-bond donors (Lipinski definition) is 2. The zero-order valence-electron chi connectivity index (χ0n) is 13.1. The molecule has 0 aliphatic heterocycles. The highest BCUT2D eigenvalue weighted by Gasteiger charge is 2.44. The number of hydrogen-bond acceptors (Lipinski definition) is 2. The van der Waals surface area contributed by atoms with Crippen LogP contribution in [0, 0.1) is 17.3 Å². The first-order valence-electron chi connectivity index (χ1n) is 7.39. The van der Waals surface area contributed by atoms with Gasteiger partial charge in [-0.3, -0.25) is 0 Å². The number of carboxylic acid groups (broad SMARTS) is 2. The summed E-state index contributed by atoms with van der Waals surface area (Å²) in [6, 6.07) is 0. The van der Waals surface area contributed by atoms with Gasteiger partial charge in [0.15, 0.2) is 0 Å². The fourth-order valence-electron chi connectivity index (χ4n) is 3.51. The van der Waals surface area contributed by atoms with E-state index in [1.807, 2.05) is 45.9 Å². The molecule has 0 bridgehead atoms. The molecule has 0 saturated heterocycles. The molecule has 0 heterocycles. The zero-order chi connectivity index (χ0) is 16.2. The Balaban J connectivity index is 3.68. The van der Waals surface area contributed by atoms with E-state index in [4.69, 9.17) is 0 Å². The highest BCUT2D eigenvalue weighted by Crippen LogP contribution is 2.50. The quantitative estimate of drug-likeness (QED) is 0.445. The summed E-state index contributed by atoms with van der Waals surface area (Å²) in [6.45, 7) is 7.90. The van der Waals surface area contributed by atoms with Crippen LogP contribution in [0.5, 0.6) is 0 Å². The van der Waals surface area contributed by atoms with Gasteiger partial charge in [-0.1, -0.05) is 52.0 Å². The van der Waals surface area contributed by atoms with Gasteiger partial charge in [0.25, 0.3) is 0 Å². The topological polar surface area (TPSA) is 74.6 Å². The lowest BCUT2D eigenvalue weighted by Gasteiger charge is -2.44. The molecule has 0 spiro atoms. The molecule has 0 saturated carbocycles. The molecule has 0 aromatic heterocycles. The summed E-state index contributed by atoms with van der Waals surface area (Å²) in [5.74, 6) is -2.52. The molecule has 1 aliphatic carbocycles. The molecule has 116 valence electrons. The van der Waals surface area contributed by atoms with Crippen LogP contribution in [0.3, 0.4) is 0 Å². The third kappa shape index (κ3) is 2.94. The number of carboxylic acids is 2. The van der Waals surface area contributed by atoms with Crippen molar-refractivity contribution in [1.29, 1.82) is 0 Å². The van der Waals surface area contributed by atoms with E-state index in [0.717, 1.165) is 6.42 Å². The van der Waals surface area contributed by atoms with E-state index in [-0.39, 0.29) is 11.8 Å². The van der Waals surface area contributed by atoms with E-state index < -0.39 is 22.9 Å². The van der Waals surface area contributed by atoms with Crippen LogP contribution in [-0.4, -0.2) is 22.2 Å². The third-order valence-corrected chi connectivity index (χ3v) is 4.44. The molecule has 1 aliphatic rings. The van der Waals surface area contributed by atoms with Gasteiger partial charge in [0, 0.05) is 5.41 Å². The van der Waals surface area contributed by atoms with Crippen molar-refractivity contribution in [3.8, 4) is 0 Å². The molecule has 0 fully saturated rings. The second kappa shape index (κ2) is 6.74. The summed E-state index contributed by atoms with van der Waals surface area (Å²) >= 11 is 0. The molecule has 0 aromatic rings. The normalized spacial score (nSPS) is 24.1. The molecule has 0 aromatic carbocycles. The number of rotatable bonds is 6. The lowest BCUT2D eigenvalue weighted by molar-refractivity contribution is -0.140. The predicted molar refractivity (Wildman–Crippen MR) is 81.9 cm³/mol. The maximum absolute atomic E-state index is 11.5. The minimum Gasteiger partial charge on any atom is -0.477 e. The Hall–Kier alpha value is -1.84. The molecule has 2 N–H and O–H groups in total. The van der Waals surface area contributed by atoms with Crippen LogP contribution in [0.25, 0.3) is 0 Å². The van der Waals surface area contributed by atoms with Crippen molar-refractivity contribution >= 4 is 11.9 Å². The number of aliphatic carboxylic acids is 2. The predicted octanol–water partition coefficient (Wildman–Crippen LogP) is 3.66. The van der Waals surface area contributed by atoms with Gasteiger partial charge in [0.1, 0.15) is 5.57 Å². The van der Waals surface area contributed by atoms with E-state index in [2.05, 4.69) is 6.08 Å². The summed E-state index contributed by atoms with van der Waals surface area (Å²) in [7, 11) is 0. The molecular weight excluding hydrogens is 268 g/mol. The van der Waals surface area contributed by atoms with Crippen LogP contribution in [0.4, 0.5) is 0 Å². The van der Waals surface area contributed by atoms with Gasteiger partial charge in [-0.2, -0.15) is 0 Å². The molecule has 0 amide bonds. The van der Waals surface area contributed by atoms with Crippen molar-refractivity contribution < 1.29 is 19.8 Å². The van der Waals surface area contributed by atoms with E-state index in [9.17, 15) is 19.8 Å². The van der Waals surface area contributed by atoms with Crippen LogP contribution in [0.15, 0.2) is 35.5 Å². The van der Waals surface area contributed by atoms with Gasteiger partial charge in [-0.25, -0.2) is 9.59 Å². The Bertz CT molecular complexity index is 495. The SMILES string of the molecule is CCC(=C(C(=O)O)C(=O)O)C1(C(C)C)C=CC=CC1CC. The van der Waals surface area contributed by atoms with Gasteiger partial charge in [-0.15, -0.1) is 0 Å².